The number of carbonyl (C=O) groups is 3. The standard InChI is InChI=1S/C9H16N2O3.C3H6O2/c1-2-8(12)14-9(13)7-11-5-3-10-4-6-11;1-2-3(4)5/h10H,2-7H2,1H3;2H2,1H3,(H,4,5). The van der Waals surface area contributed by atoms with Gasteiger partial charge in [0, 0.05) is 39.0 Å². The lowest BCUT2D eigenvalue weighted by Crippen LogP contribution is -2.45. The van der Waals surface area contributed by atoms with Crippen LogP contribution >= 0.6 is 0 Å². The van der Waals surface area contributed by atoms with E-state index in [1.54, 1.807) is 13.8 Å². The van der Waals surface area contributed by atoms with Gasteiger partial charge >= 0.3 is 17.9 Å². The average Bonchev–Trinajstić information content (AvgIpc) is 2.40. The van der Waals surface area contributed by atoms with Crippen molar-refractivity contribution in [3.8, 4) is 0 Å². The second-order valence-electron chi connectivity index (χ2n) is 3.97. The number of nitrogens with zero attached hydrogens (tertiary/aromatic N) is 1. The zero-order valence-electron chi connectivity index (χ0n) is 11.5. The first-order valence-electron chi connectivity index (χ1n) is 6.37. The maximum absolute atomic E-state index is 11.2. The first kappa shape index (κ1) is 17.5. The Bertz CT molecular complexity index is 300. The van der Waals surface area contributed by atoms with Crippen LogP contribution in [0.5, 0.6) is 0 Å². The Morgan fingerprint density at radius 3 is 2.05 bits per heavy atom. The third kappa shape index (κ3) is 10.2. The smallest absolute Gasteiger partial charge is 0.327 e. The van der Waals surface area contributed by atoms with Gasteiger partial charge in [-0.1, -0.05) is 13.8 Å². The van der Waals surface area contributed by atoms with E-state index >= 15 is 0 Å². The summed E-state index contributed by atoms with van der Waals surface area (Å²) in [7, 11) is 0. The number of rotatable bonds is 4. The highest BCUT2D eigenvalue weighted by molar-refractivity contribution is 5.86. The number of carbonyl (C=O) groups excluding carboxylic acids is 2. The van der Waals surface area contributed by atoms with Crippen molar-refractivity contribution in [3.63, 3.8) is 0 Å². The van der Waals surface area contributed by atoms with Gasteiger partial charge in [0.2, 0.25) is 0 Å². The molecule has 0 saturated carbocycles. The van der Waals surface area contributed by atoms with E-state index in [0.29, 0.717) is 0 Å². The molecule has 0 bridgehead atoms. The van der Waals surface area contributed by atoms with Crippen molar-refractivity contribution in [2.75, 3.05) is 32.7 Å². The number of esters is 2. The minimum atomic E-state index is -0.745. The quantitative estimate of drug-likeness (QED) is 0.543. The Labute approximate surface area is 112 Å². The van der Waals surface area contributed by atoms with E-state index in [2.05, 4.69) is 10.1 Å². The van der Waals surface area contributed by atoms with Gasteiger partial charge in [0.05, 0.1) is 6.54 Å². The maximum atomic E-state index is 11.2. The zero-order valence-corrected chi connectivity index (χ0v) is 11.5. The molecule has 0 atom stereocenters. The van der Waals surface area contributed by atoms with Crippen LogP contribution in [0.25, 0.3) is 0 Å². The second kappa shape index (κ2) is 10.5. The molecule has 0 aliphatic carbocycles. The van der Waals surface area contributed by atoms with Crippen molar-refractivity contribution in [1.82, 2.24) is 10.2 Å². The Hall–Kier alpha value is -1.47. The van der Waals surface area contributed by atoms with Crippen LogP contribution in [0, 0.1) is 0 Å². The number of hydrogen-bond donors (Lipinski definition) is 2. The van der Waals surface area contributed by atoms with Crippen molar-refractivity contribution in [2.24, 2.45) is 0 Å². The largest absolute Gasteiger partial charge is 0.481 e. The van der Waals surface area contributed by atoms with Gasteiger partial charge in [0.1, 0.15) is 0 Å². The highest BCUT2D eigenvalue weighted by atomic mass is 16.6. The van der Waals surface area contributed by atoms with Crippen LogP contribution < -0.4 is 5.32 Å². The molecule has 0 aromatic carbocycles. The topological polar surface area (TPSA) is 95.9 Å². The number of carboxylic acids is 1. The number of aliphatic carboxylic acids is 1. The summed E-state index contributed by atoms with van der Waals surface area (Å²) < 4.78 is 4.56. The lowest BCUT2D eigenvalue weighted by molar-refractivity contribution is -0.160. The van der Waals surface area contributed by atoms with Crippen molar-refractivity contribution >= 4 is 17.9 Å². The van der Waals surface area contributed by atoms with Crippen molar-refractivity contribution in [1.29, 1.82) is 0 Å². The Balaban J connectivity index is 0.000000555. The predicted octanol–water partition coefficient (Wildman–Crippen LogP) is -0.148. The highest BCUT2D eigenvalue weighted by Gasteiger charge is 2.15. The summed E-state index contributed by atoms with van der Waals surface area (Å²) in [5.41, 5.74) is 0. The van der Waals surface area contributed by atoms with Crippen LogP contribution in [-0.4, -0.2) is 60.6 Å². The van der Waals surface area contributed by atoms with Gasteiger partial charge in [-0.15, -0.1) is 0 Å². The van der Waals surface area contributed by atoms with Crippen LogP contribution in [0.2, 0.25) is 0 Å². The number of nitrogens with one attached hydrogen (secondary N) is 1. The molecule has 19 heavy (non-hydrogen) atoms. The van der Waals surface area contributed by atoms with Gasteiger partial charge in [0.25, 0.3) is 0 Å². The molecule has 1 saturated heterocycles. The van der Waals surface area contributed by atoms with Crippen LogP contribution in [0.3, 0.4) is 0 Å². The number of ether oxygens (including phenoxy) is 1. The molecule has 1 fully saturated rings. The molecule has 0 aromatic rings. The first-order valence-corrected chi connectivity index (χ1v) is 6.37. The molecule has 0 radical (unpaired) electrons. The fourth-order valence-electron chi connectivity index (χ4n) is 1.28. The van der Waals surface area contributed by atoms with E-state index < -0.39 is 17.9 Å². The number of carboxylic acid groups (broad SMARTS) is 1. The number of hydrogen-bond acceptors (Lipinski definition) is 6. The molecule has 0 aromatic heterocycles. The van der Waals surface area contributed by atoms with E-state index in [-0.39, 0.29) is 19.4 Å². The summed E-state index contributed by atoms with van der Waals surface area (Å²) >= 11 is 0. The molecular formula is C12H22N2O5. The molecule has 2 N–H and O–H groups in total. The molecule has 110 valence electrons. The molecule has 1 aliphatic heterocycles. The van der Waals surface area contributed by atoms with E-state index in [1.807, 2.05) is 4.90 Å². The molecule has 7 nitrogen and oxygen atoms in total. The lowest BCUT2D eigenvalue weighted by atomic mass is 10.3. The Morgan fingerprint density at radius 1 is 1.11 bits per heavy atom. The summed E-state index contributed by atoms with van der Waals surface area (Å²) in [5, 5.41) is 10.9. The molecule has 1 heterocycles. The van der Waals surface area contributed by atoms with E-state index in [9.17, 15) is 14.4 Å². The average molecular weight is 274 g/mol. The number of piperazine rings is 1. The van der Waals surface area contributed by atoms with Gasteiger partial charge in [-0.3, -0.25) is 19.3 Å². The molecule has 1 rings (SSSR count). The fraction of sp³-hybridized carbons (Fsp3) is 0.750. The zero-order chi connectivity index (χ0) is 14.7. The summed E-state index contributed by atoms with van der Waals surface area (Å²) in [6, 6.07) is 0. The van der Waals surface area contributed by atoms with Gasteiger partial charge in [-0.05, 0) is 0 Å². The predicted molar refractivity (Wildman–Crippen MR) is 68.6 cm³/mol. The SMILES string of the molecule is CCC(=O)O.CCC(=O)OC(=O)CN1CCNCC1. The minimum absolute atomic E-state index is 0.216. The van der Waals surface area contributed by atoms with E-state index in [4.69, 9.17) is 5.11 Å². The third-order valence-electron chi connectivity index (χ3n) is 2.38. The van der Waals surface area contributed by atoms with Gasteiger partial charge in [-0.2, -0.15) is 0 Å². The second-order valence-corrected chi connectivity index (χ2v) is 3.97. The Morgan fingerprint density at radius 2 is 1.63 bits per heavy atom. The molecule has 0 unspecified atom stereocenters. The summed E-state index contributed by atoms with van der Waals surface area (Å²) in [5.74, 6) is -1.64. The molecule has 0 spiro atoms. The normalized spacial score (nSPS) is 15.1. The van der Waals surface area contributed by atoms with Gasteiger partial charge < -0.3 is 15.2 Å². The van der Waals surface area contributed by atoms with Crippen molar-refractivity contribution < 1.29 is 24.2 Å². The molecule has 0 amide bonds. The van der Waals surface area contributed by atoms with Gasteiger partial charge in [0.15, 0.2) is 0 Å². The van der Waals surface area contributed by atoms with Crippen molar-refractivity contribution in [2.45, 2.75) is 26.7 Å². The van der Waals surface area contributed by atoms with Crippen molar-refractivity contribution in [3.05, 3.63) is 0 Å². The summed E-state index contributed by atoms with van der Waals surface area (Å²) in [4.78, 5) is 33.3. The summed E-state index contributed by atoms with van der Waals surface area (Å²) in [6.45, 7) is 6.91. The first-order chi connectivity index (χ1) is 8.99. The maximum Gasteiger partial charge on any atom is 0.327 e. The van der Waals surface area contributed by atoms with Crippen LogP contribution in [0.15, 0.2) is 0 Å². The summed E-state index contributed by atoms with van der Waals surface area (Å²) in [6.07, 6.45) is 0.466. The highest BCUT2D eigenvalue weighted by Crippen LogP contribution is 1.94. The van der Waals surface area contributed by atoms with Gasteiger partial charge in [-0.25, -0.2) is 0 Å². The van der Waals surface area contributed by atoms with Crippen LogP contribution in [0.1, 0.15) is 26.7 Å². The fourth-order valence-corrected chi connectivity index (χ4v) is 1.28. The molecular weight excluding hydrogens is 252 g/mol. The monoisotopic (exact) mass is 274 g/mol. The van der Waals surface area contributed by atoms with E-state index in [1.165, 1.54) is 0 Å². The Kier molecular flexibility index (Phi) is 9.64. The molecule has 1 aliphatic rings. The van der Waals surface area contributed by atoms with Crippen LogP contribution in [0.4, 0.5) is 0 Å². The third-order valence-corrected chi connectivity index (χ3v) is 2.38. The minimum Gasteiger partial charge on any atom is -0.481 e. The molecule has 7 heteroatoms. The van der Waals surface area contributed by atoms with E-state index in [0.717, 1.165) is 26.2 Å². The van der Waals surface area contributed by atoms with Crippen LogP contribution in [-0.2, 0) is 19.1 Å². The lowest BCUT2D eigenvalue weighted by Gasteiger charge is -2.25.